The summed E-state index contributed by atoms with van der Waals surface area (Å²) in [5, 5.41) is 0. The van der Waals surface area contributed by atoms with E-state index in [0.29, 0.717) is 30.0 Å². The molecular weight excluding hydrogens is 376 g/mol. The van der Waals surface area contributed by atoms with Crippen molar-refractivity contribution in [2.45, 2.75) is 32.2 Å². The van der Waals surface area contributed by atoms with Crippen molar-refractivity contribution >= 4 is 15.9 Å². The molecule has 2 rings (SSSR count). The number of sulfonamides is 1. The summed E-state index contributed by atoms with van der Waals surface area (Å²) in [5.41, 5.74) is 2.14. The average molecular weight is 405 g/mol. The standard InChI is InChI=1S/C21H28N2O4S/c1-6-23(7-2)21(24)17-10-13-20(27-5)18(14-17)15-22(4)28(25,26)19-11-8-16(3)9-12-19/h8-14H,6-7,15H2,1-5H3. The fourth-order valence-electron chi connectivity index (χ4n) is 2.94. The van der Waals surface area contributed by atoms with E-state index >= 15 is 0 Å². The quantitative estimate of drug-likeness (QED) is 0.677. The van der Waals surface area contributed by atoms with Gasteiger partial charge in [-0.25, -0.2) is 8.42 Å². The Bertz CT molecular complexity index is 920. The molecule has 0 N–H and O–H groups in total. The molecule has 6 nitrogen and oxygen atoms in total. The molecule has 0 aliphatic heterocycles. The Kier molecular flexibility index (Phi) is 7.21. The Morgan fingerprint density at radius 2 is 1.64 bits per heavy atom. The van der Waals surface area contributed by atoms with Gasteiger partial charge in [-0.1, -0.05) is 17.7 Å². The van der Waals surface area contributed by atoms with E-state index in [9.17, 15) is 13.2 Å². The van der Waals surface area contributed by atoms with E-state index in [1.165, 1.54) is 18.5 Å². The van der Waals surface area contributed by atoms with Crippen LogP contribution in [0.4, 0.5) is 0 Å². The van der Waals surface area contributed by atoms with Gasteiger partial charge in [0.25, 0.3) is 5.91 Å². The van der Waals surface area contributed by atoms with E-state index in [1.54, 1.807) is 47.4 Å². The molecule has 2 aromatic rings. The molecule has 0 bridgehead atoms. The van der Waals surface area contributed by atoms with Crippen LogP contribution in [0.1, 0.15) is 35.3 Å². The van der Waals surface area contributed by atoms with Crippen molar-refractivity contribution in [3.63, 3.8) is 0 Å². The molecule has 2 aromatic carbocycles. The van der Waals surface area contributed by atoms with Crippen LogP contribution in [0, 0.1) is 6.92 Å². The number of hydrogen-bond donors (Lipinski definition) is 0. The van der Waals surface area contributed by atoms with Gasteiger partial charge in [0.15, 0.2) is 0 Å². The summed E-state index contributed by atoms with van der Waals surface area (Å²) >= 11 is 0. The maximum absolute atomic E-state index is 12.9. The monoisotopic (exact) mass is 404 g/mol. The number of benzene rings is 2. The molecule has 152 valence electrons. The Hall–Kier alpha value is -2.38. The number of hydrogen-bond acceptors (Lipinski definition) is 4. The lowest BCUT2D eigenvalue weighted by molar-refractivity contribution is 0.0773. The van der Waals surface area contributed by atoms with Crippen LogP contribution in [-0.2, 0) is 16.6 Å². The first-order chi connectivity index (χ1) is 13.2. The second-order valence-electron chi connectivity index (χ2n) is 6.58. The minimum Gasteiger partial charge on any atom is -0.496 e. The first-order valence-electron chi connectivity index (χ1n) is 9.23. The van der Waals surface area contributed by atoms with Gasteiger partial charge in [0.1, 0.15) is 5.75 Å². The lowest BCUT2D eigenvalue weighted by Crippen LogP contribution is -2.31. The summed E-state index contributed by atoms with van der Waals surface area (Å²) in [5.74, 6) is 0.458. The van der Waals surface area contributed by atoms with Gasteiger partial charge in [-0.05, 0) is 51.1 Å². The summed E-state index contributed by atoms with van der Waals surface area (Å²) in [6, 6.07) is 11.9. The summed E-state index contributed by atoms with van der Waals surface area (Å²) in [6.45, 7) is 7.07. The highest BCUT2D eigenvalue weighted by atomic mass is 32.2. The van der Waals surface area contributed by atoms with Crippen molar-refractivity contribution in [3.05, 3.63) is 59.2 Å². The molecule has 1 amide bonds. The number of nitrogens with zero attached hydrogens (tertiary/aromatic N) is 2. The van der Waals surface area contributed by atoms with E-state index < -0.39 is 10.0 Å². The first-order valence-corrected chi connectivity index (χ1v) is 10.7. The van der Waals surface area contributed by atoms with Crippen molar-refractivity contribution in [2.24, 2.45) is 0 Å². The van der Waals surface area contributed by atoms with E-state index in [0.717, 1.165) is 5.56 Å². The Morgan fingerprint density at radius 1 is 1.04 bits per heavy atom. The van der Waals surface area contributed by atoms with Crippen LogP contribution in [0.15, 0.2) is 47.4 Å². The number of rotatable bonds is 8. The molecule has 0 atom stereocenters. The van der Waals surface area contributed by atoms with Crippen molar-refractivity contribution < 1.29 is 17.9 Å². The molecule has 0 aliphatic rings. The van der Waals surface area contributed by atoms with E-state index in [2.05, 4.69) is 0 Å². The van der Waals surface area contributed by atoms with Gasteiger partial charge in [0.2, 0.25) is 10.0 Å². The van der Waals surface area contributed by atoms with E-state index in [4.69, 9.17) is 4.74 Å². The summed E-state index contributed by atoms with van der Waals surface area (Å²) in [6.07, 6.45) is 0. The smallest absolute Gasteiger partial charge is 0.253 e. The molecule has 0 aromatic heterocycles. The lowest BCUT2D eigenvalue weighted by atomic mass is 10.1. The van der Waals surface area contributed by atoms with Crippen LogP contribution in [0.3, 0.4) is 0 Å². The molecular formula is C21H28N2O4S. The molecule has 0 heterocycles. The summed E-state index contributed by atoms with van der Waals surface area (Å²) in [7, 11) is -0.607. The second-order valence-corrected chi connectivity index (χ2v) is 8.62. The number of carbonyl (C=O) groups is 1. The largest absolute Gasteiger partial charge is 0.496 e. The maximum atomic E-state index is 12.9. The molecule has 7 heteroatoms. The Labute approximate surface area is 167 Å². The highest BCUT2D eigenvalue weighted by Gasteiger charge is 2.23. The van der Waals surface area contributed by atoms with Crippen molar-refractivity contribution in [1.82, 2.24) is 9.21 Å². The van der Waals surface area contributed by atoms with Crippen molar-refractivity contribution in [2.75, 3.05) is 27.2 Å². The molecule has 0 saturated carbocycles. The highest BCUT2D eigenvalue weighted by Crippen LogP contribution is 2.25. The fraction of sp³-hybridized carbons (Fsp3) is 0.381. The van der Waals surface area contributed by atoms with Crippen molar-refractivity contribution in [3.8, 4) is 5.75 Å². The zero-order chi connectivity index (χ0) is 20.9. The van der Waals surface area contributed by atoms with Crippen LogP contribution in [0.25, 0.3) is 0 Å². The second kappa shape index (κ2) is 9.21. The Morgan fingerprint density at radius 3 is 2.18 bits per heavy atom. The van der Waals surface area contributed by atoms with Gasteiger partial charge in [-0.15, -0.1) is 0 Å². The maximum Gasteiger partial charge on any atom is 0.253 e. The number of carbonyl (C=O) groups excluding carboxylic acids is 1. The van der Waals surface area contributed by atoms with Crippen LogP contribution in [-0.4, -0.2) is 50.8 Å². The molecule has 0 radical (unpaired) electrons. The Balaban J connectivity index is 2.34. The topological polar surface area (TPSA) is 66.9 Å². The van der Waals surface area contributed by atoms with E-state index in [1.807, 2.05) is 20.8 Å². The number of methoxy groups -OCH3 is 1. The average Bonchev–Trinajstić information content (AvgIpc) is 2.69. The predicted octanol–water partition coefficient (Wildman–Crippen LogP) is 3.31. The van der Waals surface area contributed by atoms with Crippen molar-refractivity contribution in [1.29, 1.82) is 0 Å². The third-order valence-electron chi connectivity index (χ3n) is 4.70. The van der Waals surface area contributed by atoms with Crippen LogP contribution >= 0.6 is 0 Å². The van der Waals surface area contributed by atoms with Gasteiger partial charge < -0.3 is 9.64 Å². The van der Waals surface area contributed by atoms with Gasteiger partial charge in [0.05, 0.1) is 12.0 Å². The highest BCUT2D eigenvalue weighted by molar-refractivity contribution is 7.89. The molecule has 0 fully saturated rings. The minimum atomic E-state index is -3.66. The molecule has 28 heavy (non-hydrogen) atoms. The third kappa shape index (κ3) is 4.72. The first kappa shape index (κ1) is 21.9. The molecule has 0 spiro atoms. The number of amides is 1. The fourth-order valence-corrected chi connectivity index (χ4v) is 4.09. The molecule has 0 unspecified atom stereocenters. The van der Waals surface area contributed by atoms with Gasteiger partial charge >= 0.3 is 0 Å². The normalized spacial score (nSPS) is 11.5. The predicted molar refractivity (Wildman–Crippen MR) is 110 cm³/mol. The zero-order valence-electron chi connectivity index (χ0n) is 17.1. The third-order valence-corrected chi connectivity index (χ3v) is 6.52. The van der Waals surface area contributed by atoms with Crippen LogP contribution in [0.2, 0.25) is 0 Å². The van der Waals surface area contributed by atoms with E-state index in [-0.39, 0.29) is 17.3 Å². The van der Waals surface area contributed by atoms with Gasteiger partial charge in [-0.3, -0.25) is 4.79 Å². The molecule has 0 aliphatic carbocycles. The van der Waals surface area contributed by atoms with Crippen LogP contribution < -0.4 is 4.74 Å². The minimum absolute atomic E-state index is 0.0852. The summed E-state index contributed by atoms with van der Waals surface area (Å²) < 4.78 is 32.4. The zero-order valence-corrected chi connectivity index (χ0v) is 17.9. The van der Waals surface area contributed by atoms with Gasteiger partial charge in [0, 0.05) is 37.8 Å². The van der Waals surface area contributed by atoms with Crippen LogP contribution in [0.5, 0.6) is 5.75 Å². The number of ether oxygens (including phenoxy) is 1. The summed E-state index contributed by atoms with van der Waals surface area (Å²) in [4.78, 5) is 14.6. The number of aryl methyl sites for hydroxylation is 1. The molecule has 0 saturated heterocycles. The van der Waals surface area contributed by atoms with Gasteiger partial charge in [-0.2, -0.15) is 4.31 Å². The lowest BCUT2D eigenvalue weighted by Gasteiger charge is -2.21. The SMILES string of the molecule is CCN(CC)C(=O)c1ccc(OC)c(CN(C)S(=O)(=O)c2ccc(C)cc2)c1.